The summed E-state index contributed by atoms with van der Waals surface area (Å²) in [6.07, 6.45) is 4.39. The highest BCUT2D eigenvalue weighted by atomic mass is 32.1. The van der Waals surface area contributed by atoms with Crippen LogP contribution in [0.15, 0.2) is 41.9 Å². The first-order valence-corrected chi connectivity index (χ1v) is 10.5. The van der Waals surface area contributed by atoms with Gasteiger partial charge in [-0.25, -0.2) is 4.98 Å². The summed E-state index contributed by atoms with van der Waals surface area (Å²) in [5.41, 5.74) is 5.82. The summed E-state index contributed by atoms with van der Waals surface area (Å²) >= 11 is 1.29. The molecule has 1 aliphatic heterocycles. The molecule has 6 nitrogen and oxygen atoms in total. The first-order chi connectivity index (χ1) is 13.5. The Hall–Kier alpha value is -2.09. The number of primary amides is 1. The molecule has 3 rings (SSSR count). The Bertz CT molecular complexity index is 775. The lowest BCUT2D eigenvalue weighted by atomic mass is 9.77. The van der Waals surface area contributed by atoms with Gasteiger partial charge in [-0.3, -0.25) is 14.9 Å². The number of ether oxygens (including phenoxy) is 1. The number of nitrogens with zero attached hydrogens (tertiary/aromatic N) is 1. The minimum absolute atomic E-state index is 0.0922. The van der Waals surface area contributed by atoms with Gasteiger partial charge in [0.25, 0.3) is 0 Å². The minimum atomic E-state index is -1.15. The number of nitrogens with one attached hydrogen (secondary N) is 1. The van der Waals surface area contributed by atoms with Crippen molar-refractivity contribution in [3.05, 3.63) is 52.5 Å². The third-order valence-electron chi connectivity index (χ3n) is 5.46. The van der Waals surface area contributed by atoms with E-state index in [1.54, 1.807) is 18.5 Å². The van der Waals surface area contributed by atoms with Gasteiger partial charge in [0.2, 0.25) is 5.91 Å². The van der Waals surface area contributed by atoms with Crippen LogP contribution < -0.4 is 11.1 Å². The van der Waals surface area contributed by atoms with Crippen molar-refractivity contribution in [3.8, 4) is 0 Å². The first kappa shape index (κ1) is 20.6. The molecule has 1 fully saturated rings. The molecule has 2 aromatic rings. The van der Waals surface area contributed by atoms with Gasteiger partial charge in [-0.1, -0.05) is 30.3 Å². The molecule has 1 amide bonds. The van der Waals surface area contributed by atoms with Gasteiger partial charge < -0.3 is 10.5 Å². The molecule has 3 N–H and O–H groups in total. The Morgan fingerprint density at radius 1 is 1.32 bits per heavy atom. The normalized spacial score (nSPS) is 18.3. The molecular formula is C21H27N3O3S. The Labute approximate surface area is 169 Å². The maximum Gasteiger partial charge on any atom is 0.238 e. The maximum atomic E-state index is 13.3. The van der Waals surface area contributed by atoms with Crippen LogP contribution in [-0.4, -0.2) is 41.5 Å². The molecule has 1 aromatic heterocycles. The molecule has 0 spiro atoms. The van der Waals surface area contributed by atoms with Crippen LogP contribution in [0.1, 0.15) is 41.6 Å². The number of carbonyl (C=O) groups is 2. The molecule has 2 heterocycles. The van der Waals surface area contributed by atoms with Crippen LogP contribution in [-0.2, 0) is 16.0 Å². The molecule has 0 saturated carbocycles. The van der Waals surface area contributed by atoms with Crippen LogP contribution in [0.25, 0.3) is 0 Å². The summed E-state index contributed by atoms with van der Waals surface area (Å²) in [5.74, 6) is -1.24. The Kier molecular flexibility index (Phi) is 6.93. The lowest BCUT2D eigenvalue weighted by Gasteiger charge is -2.39. The van der Waals surface area contributed by atoms with Gasteiger partial charge in [-0.05, 0) is 38.2 Å². The average Bonchev–Trinajstić information content (AvgIpc) is 3.24. The zero-order valence-corrected chi connectivity index (χ0v) is 16.9. The average molecular weight is 402 g/mol. The summed E-state index contributed by atoms with van der Waals surface area (Å²) in [6.45, 7) is 3.04. The zero-order chi connectivity index (χ0) is 20.0. The standard InChI is InChI=1S/C21H27N3O3S/c1-21(20(22)26,24-16-9-12-27-13-10-16)17(18(25)19-23-11-14-28-19)8-7-15-5-3-2-4-6-15/h2-6,11,14,16-17,24H,7-10,12-13H2,1H3,(H2,22,26)/t17-,21?/m1/s1. The number of nitrogens with two attached hydrogens (primary N) is 1. The van der Waals surface area contributed by atoms with E-state index in [9.17, 15) is 9.59 Å². The van der Waals surface area contributed by atoms with Crippen molar-refractivity contribution in [2.45, 2.75) is 44.2 Å². The highest BCUT2D eigenvalue weighted by molar-refractivity contribution is 7.11. The van der Waals surface area contributed by atoms with Crippen molar-refractivity contribution in [3.63, 3.8) is 0 Å². The van der Waals surface area contributed by atoms with Gasteiger partial charge in [-0.15, -0.1) is 11.3 Å². The number of benzene rings is 1. The Morgan fingerprint density at radius 3 is 2.64 bits per heavy atom. The number of aryl methyl sites for hydroxylation is 1. The molecule has 1 saturated heterocycles. The maximum absolute atomic E-state index is 13.3. The molecule has 2 atom stereocenters. The molecule has 150 valence electrons. The van der Waals surface area contributed by atoms with E-state index in [1.807, 2.05) is 30.3 Å². The van der Waals surface area contributed by atoms with Crippen LogP contribution in [0, 0.1) is 5.92 Å². The number of rotatable bonds is 9. The fraction of sp³-hybridized carbons (Fsp3) is 0.476. The summed E-state index contributed by atoms with van der Waals surface area (Å²) < 4.78 is 5.42. The third kappa shape index (κ3) is 4.84. The fourth-order valence-electron chi connectivity index (χ4n) is 3.74. The first-order valence-electron chi connectivity index (χ1n) is 9.63. The second-order valence-electron chi connectivity index (χ2n) is 7.38. The van der Waals surface area contributed by atoms with Gasteiger partial charge >= 0.3 is 0 Å². The van der Waals surface area contributed by atoms with Crippen LogP contribution in [0.5, 0.6) is 0 Å². The monoisotopic (exact) mass is 401 g/mol. The number of carbonyl (C=O) groups excluding carboxylic acids is 2. The van der Waals surface area contributed by atoms with E-state index < -0.39 is 17.4 Å². The SMILES string of the molecule is CC(NC1CCOCC1)(C(N)=O)[C@H](CCc1ccccc1)C(=O)c1nccs1. The van der Waals surface area contributed by atoms with Crippen molar-refractivity contribution in [2.24, 2.45) is 11.7 Å². The van der Waals surface area contributed by atoms with Gasteiger partial charge in [0.15, 0.2) is 10.8 Å². The smallest absolute Gasteiger partial charge is 0.238 e. The van der Waals surface area contributed by atoms with E-state index in [0.29, 0.717) is 31.1 Å². The van der Waals surface area contributed by atoms with Crippen molar-refractivity contribution in [1.82, 2.24) is 10.3 Å². The van der Waals surface area contributed by atoms with E-state index in [0.717, 1.165) is 18.4 Å². The zero-order valence-electron chi connectivity index (χ0n) is 16.1. The van der Waals surface area contributed by atoms with Gasteiger partial charge in [-0.2, -0.15) is 0 Å². The molecule has 0 aliphatic carbocycles. The number of hydrogen-bond acceptors (Lipinski definition) is 6. The van der Waals surface area contributed by atoms with E-state index in [1.165, 1.54) is 11.3 Å². The van der Waals surface area contributed by atoms with Gasteiger partial charge in [0.1, 0.15) is 5.54 Å². The van der Waals surface area contributed by atoms with Crippen molar-refractivity contribution in [2.75, 3.05) is 13.2 Å². The predicted octanol–water partition coefficient (Wildman–Crippen LogP) is 2.59. The summed E-state index contributed by atoms with van der Waals surface area (Å²) in [6, 6.07) is 10.1. The number of amides is 1. The topological polar surface area (TPSA) is 94.3 Å². The quantitative estimate of drug-likeness (QED) is 0.630. The van der Waals surface area contributed by atoms with Crippen LogP contribution in [0.3, 0.4) is 0 Å². The molecule has 28 heavy (non-hydrogen) atoms. The summed E-state index contributed by atoms with van der Waals surface area (Å²) in [4.78, 5) is 30.1. The van der Waals surface area contributed by atoms with E-state index >= 15 is 0 Å². The predicted molar refractivity (Wildman–Crippen MR) is 109 cm³/mol. The van der Waals surface area contributed by atoms with Gasteiger partial charge in [0.05, 0.1) is 5.92 Å². The molecular weight excluding hydrogens is 374 g/mol. The Balaban J connectivity index is 1.86. The van der Waals surface area contributed by atoms with E-state index in [-0.39, 0.29) is 11.8 Å². The molecule has 7 heteroatoms. The minimum Gasteiger partial charge on any atom is -0.381 e. The lowest BCUT2D eigenvalue weighted by Crippen LogP contribution is -2.63. The molecule has 0 bridgehead atoms. The van der Waals surface area contributed by atoms with Gasteiger partial charge in [0, 0.05) is 30.8 Å². The number of Topliss-reactive ketones (excluding diaryl/α,β-unsaturated/α-hetero) is 1. The van der Waals surface area contributed by atoms with Crippen molar-refractivity contribution in [1.29, 1.82) is 0 Å². The number of ketones is 1. The summed E-state index contributed by atoms with van der Waals surface area (Å²) in [5, 5.41) is 5.60. The second kappa shape index (κ2) is 9.41. The second-order valence-corrected chi connectivity index (χ2v) is 8.27. The van der Waals surface area contributed by atoms with E-state index in [4.69, 9.17) is 10.5 Å². The highest BCUT2D eigenvalue weighted by Crippen LogP contribution is 2.29. The summed E-state index contributed by atoms with van der Waals surface area (Å²) in [7, 11) is 0. The van der Waals surface area contributed by atoms with Crippen LogP contribution >= 0.6 is 11.3 Å². The van der Waals surface area contributed by atoms with Crippen LogP contribution in [0.4, 0.5) is 0 Å². The molecule has 1 unspecified atom stereocenters. The highest BCUT2D eigenvalue weighted by Gasteiger charge is 2.45. The van der Waals surface area contributed by atoms with Crippen LogP contribution in [0.2, 0.25) is 0 Å². The largest absolute Gasteiger partial charge is 0.381 e. The molecule has 1 aliphatic rings. The molecule has 0 radical (unpaired) electrons. The Morgan fingerprint density at radius 2 is 2.04 bits per heavy atom. The number of aromatic nitrogens is 1. The lowest BCUT2D eigenvalue weighted by molar-refractivity contribution is -0.126. The molecule has 1 aromatic carbocycles. The number of thiazole rings is 1. The van der Waals surface area contributed by atoms with Crippen molar-refractivity contribution < 1.29 is 14.3 Å². The fourth-order valence-corrected chi connectivity index (χ4v) is 4.37. The third-order valence-corrected chi connectivity index (χ3v) is 6.25. The number of hydrogen-bond donors (Lipinski definition) is 2. The van der Waals surface area contributed by atoms with E-state index in [2.05, 4.69) is 10.3 Å². The van der Waals surface area contributed by atoms with Crippen molar-refractivity contribution >= 4 is 23.0 Å².